The molecule has 5 nitrogen and oxygen atoms in total. The molecule has 1 N–H and O–H groups in total. The average Bonchev–Trinajstić information content (AvgIpc) is 2.53. The molecule has 27 heavy (non-hydrogen) atoms. The SMILES string of the molecule is C[C@H](NC(=O)[C@H](C)N(c1cc(Cl)cc(Cl)c1)S(C)(=O)=O)c1ccc(F)cc1. The predicted molar refractivity (Wildman–Crippen MR) is 106 cm³/mol. The van der Waals surface area contributed by atoms with Crippen LogP contribution in [-0.4, -0.2) is 26.6 Å². The smallest absolute Gasteiger partial charge is 0.244 e. The zero-order valence-electron chi connectivity index (χ0n) is 14.9. The number of rotatable bonds is 6. The van der Waals surface area contributed by atoms with E-state index in [2.05, 4.69) is 5.32 Å². The molecule has 146 valence electrons. The van der Waals surface area contributed by atoms with Crippen molar-refractivity contribution in [3.8, 4) is 0 Å². The Kier molecular flexibility index (Phi) is 6.72. The average molecular weight is 433 g/mol. The molecule has 0 spiro atoms. The Morgan fingerprint density at radius 3 is 2.07 bits per heavy atom. The normalized spacial score (nSPS) is 13.7. The largest absolute Gasteiger partial charge is 0.348 e. The van der Waals surface area contributed by atoms with E-state index in [0.717, 1.165) is 10.6 Å². The van der Waals surface area contributed by atoms with Crippen molar-refractivity contribution in [3.05, 3.63) is 63.9 Å². The van der Waals surface area contributed by atoms with Gasteiger partial charge >= 0.3 is 0 Å². The lowest BCUT2D eigenvalue weighted by molar-refractivity contribution is -0.122. The van der Waals surface area contributed by atoms with Crippen LogP contribution in [0, 0.1) is 5.82 Å². The molecule has 0 aliphatic carbocycles. The quantitative estimate of drug-likeness (QED) is 0.744. The maximum Gasteiger partial charge on any atom is 0.244 e. The van der Waals surface area contributed by atoms with Crippen LogP contribution >= 0.6 is 23.2 Å². The predicted octanol–water partition coefficient (Wildman–Crippen LogP) is 4.16. The Morgan fingerprint density at radius 1 is 1.07 bits per heavy atom. The molecule has 2 aromatic carbocycles. The summed E-state index contributed by atoms with van der Waals surface area (Å²) in [7, 11) is -3.80. The van der Waals surface area contributed by atoms with E-state index in [1.807, 2.05) is 0 Å². The van der Waals surface area contributed by atoms with Crippen molar-refractivity contribution in [2.45, 2.75) is 25.9 Å². The summed E-state index contributed by atoms with van der Waals surface area (Å²) in [6.45, 7) is 3.18. The molecule has 2 rings (SSSR count). The number of hydrogen-bond acceptors (Lipinski definition) is 3. The molecule has 0 unspecified atom stereocenters. The third-order valence-electron chi connectivity index (χ3n) is 3.92. The van der Waals surface area contributed by atoms with Crippen molar-refractivity contribution in [1.82, 2.24) is 5.32 Å². The summed E-state index contributed by atoms with van der Waals surface area (Å²) < 4.78 is 38.6. The van der Waals surface area contributed by atoms with Gasteiger partial charge < -0.3 is 5.32 Å². The van der Waals surface area contributed by atoms with E-state index in [0.29, 0.717) is 5.56 Å². The van der Waals surface area contributed by atoms with Gasteiger partial charge in [0.2, 0.25) is 15.9 Å². The molecule has 0 bridgehead atoms. The second kappa shape index (κ2) is 8.46. The van der Waals surface area contributed by atoms with Crippen LogP contribution in [0.2, 0.25) is 10.0 Å². The van der Waals surface area contributed by atoms with Crippen LogP contribution in [-0.2, 0) is 14.8 Å². The summed E-state index contributed by atoms with van der Waals surface area (Å²) in [6, 6.07) is 8.49. The van der Waals surface area contributed by atoms with Crippen LogP contribution in [0.15, 0.2) is 42.5 Å². The van der Waals surface area contributed by atoms with Crippen LogP contribution in [0.4, 0.5) is 10.1 Å². The monoisotopic (exact) mass is 432 g/mol. The number of nitrogens with zero attached hydrogens (tertiary/aromatic N) is 1. The maximum atomic E-state index is 13.0. The number of sulfonamides is 1. The lowest BCUT2D eigenvalue weighted by atomic mass is 10.1. The van der Waals surface area contributed by atoms with Crippen molar-refractivity contribution >= 4 is 44.8 Å². The maximum absolute atomic E-state index is 13.0. The van der Waals surface area contributed by atoms with E-state index in [-0.39, 0.29) is 21.5 Å². The van der Waals surface area contributed by atoms with Crippen LogP contribution in [0.1, 0.15) is 25.5 Å². The molecular weight excluding hydrogens is 414 g/mol. The highest BCUT2D eigenvalue weighted by molar-refractivity contribution is 7.92. The molecule has 0 radical (unpaired) electrons. The number of benzene rings is 2. The van der Waals surface area contributed by atoms with Gasteiger partial charge in [-0.05, 0) is 49.7 Å². The van der Waals surface area contributed by atoms with Crippen molar-refractivity contribution in [2.75, 3.05) is 10.6 Å². The minimum atomic E-state index is -3.80. The fourth-order valence-corrected chi connectivity index (χ4v) is 4.32. The molecule has 0 fully saturated rings. The summed E-state index contributed by atoms with van der Waals surface area (Å²) in [4.78, 5) is 12.7. The van der Waals surface area contributed by atoms with Crippen LogP contribution in [0.3, 0.4) is 0 Å². The summed E-state index contributed by atoms with van der Waals surface area (Å²) >= 11 is 11.9. The van der Waals surface area contributed by atoms with Crippen molar-refractivity contribution in [3.63, 3.8) is 0 Å². The van der Waals surface area contributed by atoms with Gasteiger partial charge in [0.1, 0.15) is 11.9 Å². The molecule has 1 amide bonds. The number of carbonyl (C=O) groups excluding carboxylic acids is 1. The highest BCUT2D eigenvalue weighted by atomic mass is 35.5. The van der Waals surface area contributed by atoms with E-state index < -0.39 is 28.0 Å². The number of amides is 1. The van der Waals surface area contributed by atoms with Gasteiger partial charge in [-0.1, -0.05) is 35.3 Å². The van der Waals surface area contributed by atoms with Gasteiger partial charge in [-0.15, -0.1) is 0 Å². The van der Waals surface area contributed by atoms with Crippen LogP contribution in [0.25, 0.3) is 0 Å². The third kappa shape index (κ3) is 5.57. The Balaban J connectivity index is 2.28. The number of hydrogen-bond donors (Lipinski definition) is 1. The first-order chi connectivity index (χ1) is 12.5. The third-order valence-corrected chi connectivity index (χ3v) is 5.60. The second-order valence-electron chi connectivity index (χ2n) is 6.14. The van der Waals surface area contributed by atoms with Gasteiger partial charge in [-0.25, -0.2) is 12.8 Å². The molecule has 0 aliphatic rings. The summed E-state index contributed by atoms with van der Waals surface area (Å²) in [5.41, 5.74) is 0.876. The van der Waals surface area contributed by atoms with Crippen molar-refractivity contribution < 1.29 is 17.6 Å². The summed E-state index contributed by atoms with van der Waals surface area (Å²) in [5.74, 6) is -0.903. The molecule has 0 saturated carbocycles. The topological polar surface area (TPSA) is 66.5 Å². The zero-order valence-corrected chi connectivity index (χ0v) is 17.2. The van der Waals surface area contributed by atoms with E-state index in [4.69, 9.17) is 23.2 Å². The van der Waals surface area contributed by atoms with Gasteiger partial charge in [0.15, 0.2) is 0 Å². The molecular formula is C18H19Cl2FN2O3S. The molecule has 9 heteroatoms. The highest BCUT2D eigenvalue weighted by Gasteiger charge is 2.30. The number of carbonyl (C=O) groups is 1. The highest BCUT2D eigenvalue weighted by Crippen LogP contribution is 2.28. The summed E-state index contributed by atoms with van der Waals surface area (Å²) in [6.07, 6.45) is 0.995. The number of nitrogens with one attached hydrogen (secondary N) is 1. The Labute approximate surface area is 168 Å². The minimum absolute atomic E-state index is 0.187. The second-order valence-corrected chi connectivity index (χ2v) is 8.88. The summed E-state index contributed by atoms with van der Waals surface area (Å²) in [5, 5.41) is 3.23. The standard InChI is InChI=1S/C18H19Cl2FN2O3S/c1-11(13-4-6-16(21)7-5-13)22-18(24)12(2)23(27(3,25)26)17-9-14(19)8-15(20)10-17/h4-12H,1-3H3,(H,22,24)/t11-,12-/m0/s1. The van der Waals surface area contributed by atoms with Crippen molar-refractivity contribution in [1.29, 1.82) is 0 Å². The lowest BCUT2D eigenvalue weighted by Gasteiger charge is -2.29. The Bertz CT molecular complexity index is 916. The molecule has 0 aliphatic heterocycles. The van der Waals surface area contributed by atoms with E-state index in [9.17, 15) is 17.6 Å². The Morgan fingerprint density at radius 2 is 1.59 bits per heavy atom. The number of halogens is 3. The van der Waals surface area contributed by atoms with Gasteiger partial charge in [-0.3, -0.25) is 9.10 Å². The first kappa shape index (κ1) is 21.5. The minimum Gasteiger partial charge on any atom is -0.348 e. The lowest BCUT2D eigenvalue weighted by Crippen LogP contribution is -2.48. The van der Waals surface area contributed by atoms with E-state index in [1.54, 1.807) is 19.1 Å². The Hall–Kier alpha value is -1.83. The zero-order chi connectivity index (χ0) is 20.4. The van der Waals surface area contributed by atoms with E-state index >= 15 is 0 Å². The fourth-order valence-electron chi connectivity index (χ4n) is 2.64. The molecule has 2 atom stereocenters. The molecule has 0 saturated heterocycles. The van der Waals surface area contributed by atoms with Gasteiger partial charge in [0.25, 0.3) is 0 Å². The first-order valence-corrected chi connectivity index (χ1v) is 10.6. The molecule has 2 aromatic rings. The van der Waals surface area contributed by atoms with Crippen LogP contribution < -0.4 is 9.62 Å². The fraction of sp³-hybridized carbons (Fsp3) is 0.278. The van der Waals surface area contributed by atoms with Gasteiger partial charge in [0, 0.05) is 10.0 Å². The van der Waals surface area contributed by atoms with Crippen LogP contribution in [0.5, 0.6) is 0 Å². The first-order valence-electron chi connectivity index (χ1n) is 8.00. The van der Waals surface area contributed by atoms with E-state index in [1.165, 1.54) is 37.3 Å². The van der Waals surface area contributed by atoms with Gasteiger partial charge in [0.05, 0.1) is 18.0 Å². The molecule has 0 aromatic heterocycles. The van der Waals surface area contributed by atoms with Crippen molar-refractivity contribution in [2.24, 2.45) is 0 Å². The molecule has 0 heterocycles. The number of anilines is 1. The van der Waals surface area contributed by atoms with Gasteiger partial charge in [-0.2, -0.15) is 0 Å².